The van der Waals surface area contributed by atoms with Crippen LogP contribution in [0.4, 0.5) is 0 Å². The van der Waals surface area contributed by atoms with Crippen molar-refractivity contribution in [1.82, 2.24) is 0 Å². The van der Waals surface area contributed by atoms with Crippen molar-refractivity contribution in [2.24, 2.45) is 0 Å². The molecule has 0 spiro atoms. The second-order valence-electron chi connectivity index (χ2n) is 2.65. The fourth-order valence-corrected chi connectivity index (χ4v) is 1.15. The molecule has 0 bridgehead atoms. The number of hydrogen-bond acceptors (Lipinski definition) is 2. The Bertz CT molecular complexity index is 269. The lowest BCUT2D eigenvalue weighted by Gasteiger charge is -2.18. The van der Waals surface area contributed by atoms with E-state index in [0.29, 0.717) is 13.2 Å². The van der Waals surface area contributed by atoms with E-state index < -0.39 is 0 Å². The third-order valence-corrected chi connectivity index (χ3v) is 1.70. The van der Waals surface area contributed by atoms with Gasteiger partial charge in [-0.05, 0) is 24.6 Å². The number of aryl methyl sites for hydroxylation is 1. The van der Waals surface area contributed by atoms with Gasteiger partial charge in [0, 0.05) is 0 Å². The standard InChI is InChI=1S/C9H10O2.2C2H6/c1-7-2-3-8-9(6-7)11-5-4-10-8;2*1-2/h2-3,6H,4-5H2,1H3;2*1-2H3. The number of rotatable bonds is 0. The molecule has 2 nitrogen and oxygen atoms in total. The Morgan fingerprint density at radius 3 is 2.00 bits per heavy atom. The van der Waals surface area contributed by atoms with Gasteiger partial charge in [0.05, 0.1) is 0 Å². The Balaban J connectivity index is 0.000000442. The van der Waals surface area contributed by atoms with Gasteiger partial charge in [-0.3, -0.25) is 0 Å². The normalized spacial score (nSPS) is 11.5. The maximum Gasteiger partial charge on any atom is 0.161 e. The van der Waals surface area contributed by atoms with Crippen molar-refractivity contribution in [3.8, 4) is 11.5 Å². The van der Waals surface area contributed by atoms with Crippen LogP contribution < -0.4 is 9.47 Å². The zero-order valence-electron chi connectivity index (χ0n) is 10.5. The minimum Gasteiger partial charge on any atom is -0.486 e. The van der Waals surface area contributed by atoms with E-state index in [4.69, 9.17) is 9.47 Å². The summed E-state index contributed by atoms with van der Waals surface area (Å²) in [6.45, 7) is 11.4. The summed E-state index contributed by atoms with van der Waals surface area (Å²) < 4.78 is 10.7. The first-order valence-electron chi connectivity index (χ1n) is 5.72. The van der Waals surface area contributed by atoms with Gasteiger partial charge in [-0.15, -0.1) is 0 Å². The van der Waals surface area contributed by atoms with Crippen molar-refractivity contribution in [2.75, 3.05) is 13.2 Å². The summed E-state index contributed by atoms with van der Waals surface area (Å²) in [6, 6.07) is 5.96. The largest absolute Gasteiger partial charge is 0.486 e. The van der Waals surface area contributed by atoms with Crippen LogP contribution in [0.25, 0.3) is 0 Å². The zero-order chi connectivity index (χ0) is 11.7. The summed E-state index contributed by atoms with van der Waals surface area (Å²) in [5.74, 6) is 1.73. The van der Waals surface area contributed by atoms with E-state index in [1.54, 1.807) is 0 Å². The molecular weight excluding hydrogens is 188 g/mol. The molecule has 0 fully saturated rings. The second-order valence-corrected chi connectivity index (χ2v) is 2.65. The van der Waals surface area contributed by atoms with Gasteiger partial charge in [-0.25, -0.2) is 0 Å². The van der Waals surface area contributed by atoms with Crippen LogP contribution in [0.15, 0.2) is 18.2 Å². The Hall–Kier alpha value is -1.18. The summed E-state index contributed by atoms with van der Waals surface area (Å²) >= 11 is 0. The van der Waals surface area contributed by atoms with Gasteiger partial charge in [0.2, 0.25) is 0 Å². The number of hydrogen-bond donors (Lipinski definition) is 0. The first kappa shape index (κ1) is 13.8. The third-order valence-electron chi connectivity index (χ3n) is 1.70. The fourth-order valence-electron chi connectivity index (χ4n) is 1.15. The molecule has 86 valence electrons. The smallest absolute Gasteiger partial charge is 0.161 e. The first-order chi connectivity index (χ1) is 7.36. The number of fused-ring (bicyclic) bond motifs is 1. The van der Waals surface area contributed by atoms with Crippen molar-refractivity contribution in [1.29, 1.82) is 0 Å². The van der Waals surface area contributed by atoms with Gasteiger partial charge in [0.1, 0.15) is 13.2 Å². The van der Waals surface area contributed by atoms with E-state index in [2.05, 4.69) is 0 Å². The SMILES string of the molecule is CC.CC.Cc1ccc2c(c1)OCCO2. The summed E-state index contributed by atoms with van der Waals surface area (Å²) in [4.78, 5) is 0. The molecule has 0 aromatic heterocycles. The first-order valence-corrected chi connectivity index (χ1v) is 5.72. The highest BCUT2D eigenvalue weighted by Crippen LogP contribution is 2.30. The van der Waals surface area contributed by atoms with Gasteiger partial charge in [-0.1, -0.05) is 33.8 Å². The highest BCUT2D eigenvalue weighted by Gasteiger charge is 2.09. The molecule has 0 N–H and O–H groups in total. The van der Waals surface area contributed by atoms with Crippen molar-refractivity contribution < 1.29 is 9.47 Å². The van der Waals surface area contributed by atoms with Crippen molar-refractivity contribution in [3.05, 3.63) is 23.8 Å². The summed E-state index contributed by atoms with van der Waals surface area (Å²) in [5, 5.41) is 0. The lowest BCUT2D eigenvalue weighted by molar-refractivity contribution is 0.171. The van der Waals surface area contributed by atoms with Gasteiger partial charge in [-0.2, -0.15) is 0 Å². The number of ether oxygens (including phenoxy) is 2. The summed E-state index contributed by atoms with van der Waals surface area (Å²) in [7, 11) is 0. The topological polar surface area (TPSA) is 18.5 Å². The van der Waals surface area contributed by atoms with Crippen LogP contribution in [0.1, 0.15) is 33.3 Å². The van der Waals surface area contributed by atoms with Gasteiger partial charge < -0.3 is 9.47 Å². The Morgan fingerprint density at radius 1 is 0.867 bits per heavy atom. The van der Waals surface area contributed by atoms with E-state index >= 15 is 0 Å². The Morgan fingerprint density at radius 2 is 1.40 bits per heavy atom. The summed E-state index contributed by atoms with van der Waals surface area (Å²) in [5.41, 5.74) is 1.20. The predicted molar refractivity (Wildman–Crippen MR) is 64.9 cm³/mol. The zero-order valence-corrected chi connectivity index (χ0v) is 10.5. The molecule has 1 aromatic carbocycles. The molecule has 0 saturated heterocycles. The molecular formula is C13H22O2. The van der Waals surface area contributed by atoms with Gasteiger partial charge >= 0.3 is 0 Å². The molecule has 0 saturated carbocycles. The van der Waals surface area contributed by atoms with Crippen LogP contribution in [-0.2, 0) is 0 Å². The quantitative estimate of drug-likeness (QED) is 0.648. The average molecular weight is 210 g/mol. The van der Waals surface area contributed by atoms with Gasteiger partial charge in [0.15, 0.2) is 11.5 Å². The van der Waals surface area contributed by atoms with Crippen LogP contribution >= 0.6 is 0 Å². The highest BCUT2D eigenvalue weighted by molar-refractivity contribution is 5.43. The molecule has 0 unspecified atom stereocenters. The van der Waals surface area contributed by atoms with Crippen molar-refractivity contribution in [3.63, 3.8) is 0 Å². The van der Waals surface area contributed by atoms with Crippen LogP contribution in [0.5, 0.6) is 11.5 Å². The molecule has 1 aliphatic rings. The van der Waals surface area contributed by atoms with Crippen LogP contribution in [0.2, 0.25) is 0 Å². The van der Waals surface area contributed by atoms with Gasteiger partial charge in [0.25, 0.3) is 0 Å². The molecule has 0 radical (unpaired) electrons. The lowest BCUT2D eigenvalue weighted by Crippen LogP contribution is -2.15. The van der Waals surface area contributed by atoms with Crippen LogP contribution in [-0.4, -0.2) is 13.2 Å². The Kier molecular flexibility index (Phi) is 7.51. The minimum absolute atomic E-state index is 0.663. The molecule has 2 heteroatoms. The van der Waals surface area contributed by atoms with Crippen molar-refractivity contribution in [2.45, 2.75) is 34.6 Å². The predicted octanol–water partition coefficient (Wildman–Crippen LogP) is 3.82. The van der Waals surface area contributed by atoms with E-state index in [1.165, 1.54) is 5.56 Å². The maximum absolute atomic E-state index is 5.38. The molecule has 1 aliphatic heterocycles. The molecule has 0 aliphatic carbocycles. The number of benzene rings is 1. The average Bonchev–Trinajstić information content (AvgIpc) is 2.34. The highest BCUT2D eigenvalue weighted by atomic mass is 16.6. The van der Waals surface area contributed by atoms with Crippen LogP contribution in [0.3, 0.4) is 0 Å². The Labute approximate surface area is 93.2 Å². The lowest BCUT2D eigenvalue weighted by atomic mass is 10.2. The summed E-state index contributed by atoms with van der Waals surface area (Å²) in [6.07, 6.45) is 0. The molecule has 0 amide bonds. The molecule has 1 aromatic rings. The van der Waals surface area contributed by atoms with Crippen LogP contribution in [0, 0.1) is 6.92 Å². The third kappa shape index (κ3) is 4.24. The van der Waals surface area contributed by atoms with E-state index in [9.17, 15) is 0 Å². The van der Waals surface area contributed by atoms with E-state index in [1.807, 2.05) is 52.8 Å². The van der Waals surface area contributed by atoms with E-state index in [-0.39, 0.29) is 0 Å². The maximum atomic E-state index is 5.38. The fraction of sp³-hybridized carbons (Fsp3) is 0.538. The second kappa shape index (κ2) is 8.16. The molecule has 1 heterocycles. The molecule has 0 atom stereocenters. The van der Waals surface area contributed by atoms with E-state index in [0.717, 1.165) is 11.5 Å². The molecule has 2 rings (SSSR count). The monoisotopic (exact) mass is 210 g/mol. The van der Waals surface area contributed by atoms with Crippen molar-refractivity contribution >= 4 is 0 Å². The minimum atomic E-state index is 0.663. The molecule has 15 heavy (non-hydrogen) atoms.